The molecule has 5 heteroatoms. The van der Waals surface area contributed by atoms with E-state index in [9.17, 15) is 4.79 Å². The van der Waals surface area contributed by atoms with E-state index < -0.39 is 0 Å². The summed E-state index contributed by atoms with van der Waals surface area (Å²) in [5.41, 5.74) is 0. The van der Waals surface area contributed by atoms with Crippen LogP contribution in [0, 0.1) is 0 Å². The van der Waals surface area contributed by atoms with Crippen LogP contribution in [0.4, 0.5) is 0 Å². The highest BCUT2D eigenvalue weighted by Gasteiger charge is 2.26. The molecule has 0 bridgehead atoms. The second kappa shape index (κ2) is 3.48. The van der Waals surface area contributed by atoms with E-state index in [1.165, 1.54) is 0 Å². The number of nitrogens with one attached hydrogen (secondary N) is 1. The van der Waals surface area contributed by atoms with Gasteiger partial charge in [-0.15, -0.1) is 0 Å². The van der Waals surface area contributed by atoms with Crippen molar-refractivity contribution in [2.75, 3.05) is 33.2 Å². The van der Waals surface area contributed by atoms with E-state index in [4.69, 9.17) is 0 Å². The van der Waals surface area contributed by atoms with Gasteiger partial charge in [-0.3, -0.25) is 9.79 Å². The van der Waals surface area contributed by atoms with Gasteiger partial charge < -0.3 is 15.1 Å². The monoisotopic (exact) mass is 196 g/mol. The van der Waals surface area contributed by atoms with Crippen molar-refractivity contribution in [3.63, 3.8) is 0 Å². The zero-order valence-electron chi connectivity index (χ0n) is 8.66. The first kappa shape index (κ1) is 9.30. The molecule has 5 nitrogen and oxygen atoms in total. The smallest absolute Gasteiger partial charge is 0.242 e. The Labute approximate surface area is 83.8 Å². The first-order chi connectivity index (χ1) is 6.66. The number of aliphatic imine (C=N–C) groups is 1. The number of likely N-dealkylation sites (N-methyl/N-ethyl adjacent to an activating group) is 1. The predicted molar refractivity (Wildman–Crippen MR) is 54.1 cm³/mol. The van der Waals surface area contributed by atoms with Gasteiger partial charge in [0, 0.05) is 26.2 Å². The molecule has 2 aliphatic heterocycles. The second-order valence-corrected chi connectivity index (χ2v) is 3.95. The first-order valence-corrected chi connectivity index (χ1v) is 4.96. The van der Waals surface area contributed by atoms with Gasteiger partial charge >= 0.3 is 0 Å². The van der Waals surface area contributed by atoms with Gasteiger partial charge in [0.05, 0.1) is 13.1 Å². The van der Waals surface area contributed by atoms with E-state index in [-0.39, 0.29) is 5.91 Å². The van der Waals surface area contributed by atoms with Crippen molar-refractivity contribution in [2.24, 2.45) is 4.99 Å². The van der Waals surface area contributed by atoms with Gasteiger partial charge in [-0.2, -0.15) is 0 Å². The average Bonchev–Trinajstić information content (AvgIpc) is 2.57. The first-order valence-electron chi connectivity index (χ1n) is 4.96. The summed E-state index contributed by atoms with van der Waals surface area (Å²) in [5, 5.41) is 3.26. The molecule has 1 unspecified atom stereocenters. The Bertz CT molecular complexity index is 276. The molecule has 78 valence electrons. The molecule has 0 aromatic rings. The molecule has 1 amide bonds. The van der Waals surface area contributed by atoms with E-state index >= 15 is 0 Å². The standard InChI is InChI=1S/C9H16N4O/c1-7-5-10-9(11-7)13-4-3-12(2)8(14)6-13/h7H,3-6H2,1-2H3,(H,10,11). The SMILES string of the molecule is CC1CN=C(N2CCN(C)C(=O)C2)N1. The normalized spacial score (nSPS) is 27.7. The summed E-state index contributed by atoms with van der Waals surface area (Å²) < 4.78 is 0. The summed E-state index contributed by atoms with van der Waals surface area (Å²) in [6, 6.07) is 0.403. The lowest BCUT2D eigenvalue weighted by Gasteiger charge is -2.33. The summed E-state index contributed by atoms with van der Waals surface area (Å²) in [5.74, 6) is 1.05. The topological polar surface area (TPSA) is 47.9 Å². The number of hydrogen-bond acceptors (Lipinski definition) is 4. The second-order valence-electron chi connectivity index (χ2n) is 3.95. The quantitative estimate of drug-likeness (QED) is 0.546. The predicted octanol–water partition coefficient (Wildman–Crippen LogP) is -0.892. The Morgan fingerprint density at radius 2 is 2.29 bits per heavy atom. The minimum absolute atomic E-state index is 0.167. The van der Waals surface area contributed by atoms with Gasteiger partial charge in [0.2, 0.25) is 5.91 Å². The van der Waals surface area contributed by atoms with Crippen LogP contribution in [0.3, 0.4) is 0 Å². The third kappa shape index (κ3) is 1.66. The van der Waals surface area contributed by atoms with Gasteiger partial charge in [-0.1, -0.05) is 0 Å². The molecule has 0 aliphatic carbocycles. The van der Waals surface area contributed by atoms with E-state index in [1.807, 2.05) is 11.9 Å². The number of amides is 1. The Kier molecular flexibility index (Phi) is 2.31. The Morgan fingerprint density at radius 1 is 1.50 bits per heavy atom. The molecular formula is C9H16N4O. The maximum Gasteiger partial charge on any atom is 0.242 e. The fraction of sp³-hybridized carbons (Fsp3) is 0.778. The fourth-order valence-electron chi connectivity index (χ4n) is 1.67. The molecule has 1 atom stereocenters. The maximum absolute atomic E-state index is 11.4. The van der Waals surface area contributed by atoms with Crippen LogP contribution in [-0.2, 0) is 4.79 Å². The largest absolute Gasteiger partial charge is 0.352 e. The summed E-state index contributed by atoms with van der Waals surface area (Å²) in [6.07, 6.45) is 0. The van der Waals surface area contributed by atoms with Crippen molar-refractivity contribution >= 4 is 11.9 Å². The van der Waals surface area contributed by atoms with Crippen LogP contribution in [0.2, 0.25) is 0 Å². The van der Waals surface area contributed by atoms with Gasteiger partial charge in [0.15, 0.2) is 5.96 Å². The van der Waals surface area contributed by atoms with Crippen LogP contribution in [0.5, 0.6) is 0 Å². The van der Waals surface area contributed by atoms with Gasteiger partial charge in [-0.05, 0) is 6.92 Å². The lowest BCUT2D eigenvalue weighted by Crippen LogP contribution is -2.53. The van der Waals surface area contributed by atoms with Gasteiger partial charge in [0.1, 0.15) is 0 Å². The van der Waals surface area contributed by atoms with Crippen molar-refractivity contribution in [2.45, 2.75) is 13.0 Å². The molecule has 1 N–H and O–H groups in total. The van der Waals surface area contributed by atoms with Crippen molar-refractivity contribution in [1.29, 1.82) is 0 Å². The number of guanidine groups is 1. The highest BCUT2D eigenvalue weighted by atomic mass is 16.2. The fourth-order valence-corrected chi connectivity index (χ4v) is 1.67. The number of carbonyl (C=O) groups excluding carboxylic acids is 1. The summed E-state index contributed by atoms with van der Waals surface area (Å²) >= 11 is 0. The summed E-state index contributed by atoms with van der Waals surface area (Å²) in [7, 11) is 1.84. The van der Waals surface area contributed by atoms with Crippen molar-refractivity contribution in [3.05, 3.63) is 0 Å². The van der Waals surface area contributed by atoms with Crippen molar-refractivity contribution in [1.82, 2.24) is 15.1 Å². The number of carbonyl (C=O) groups is 1. The molecule has 2 rings (SSSR count). The molecule has 0 aromatic carbocycles. The highest BCUT2D eigenvalue weighted by Crippen LogP contribution is 2.05. The van der Waals surface area contributed by atoms with E-state index in [2.05, 4.69) is 17.2 Å². The van der Waals surface area contributed by atoms with Crippen molar-refractivity contribution < 1.29 is 4.79 Å². The molecule has 2 heterocycles. The molecular weight excluding hydrogens is 180 g/mol. The third-order valence-electron chi connectivity index (χ3n) is 2.65. The number of rotatable bonds is 0. The lowest BCUT2D eigenvalue weighted by molar-refractivity contribution is -0.132. The van der Waals surface area contributed by atoms with Crippen LogP contribution in [-0.4, -0.2) is 60.9 Å². The number of hydrogen-bond donors (Lipinski definition) is 1. The third-order valence-corrected chi connectivity index (χ3v) is 2.65. The summed E-state index contributed by atoms with van der Waals surface area (Å²) in [6.45, 7) is 5.02. The van der Waals surface area contributed by atoms with E-state index in [1.54, 1.807) is 4.90 Å². The number of nitrogens with zero attached hydrogens (tertiary/aromatic N) is 3. The Hall–Kier alpha value is -1.26. The molecule has 2 aliphatic rings. The van der Waals surface area contributed by atoms with E-state index in [0.29, 0.717) is 12.6 Å². The molecule has 0 radical (unpaired) electrons. The number of piperazine rings is 1. The van der Waals surface area contributed by atoms with Crippen molar-refractivity contribution in [3.8, 4) is 0 Å². The maximum atomic E-state index is 11.4. The zero-order valence-corrected chi connectivity index (χ0v) is 8.66. The molecule has 0 saturated carbocycles. The van der Waals surface area contributed by atoms with Crippen LogP contribution < -0.4 is 5.32 Å². The Morgan fingerprint density at radius 3 is 2.86 bits per heavy atom. The minimum Gasteiger partial charge on any atom is -0.352 e. The van der Waals surface area contributed by atoms with Crippen LogP contribution in [0.1, 0.15) is 6.92 Å². The van der Waals surface area contributed by atoms with Crippen LogP contribution in [0.15, 0.2) is 4.99 Å². The lowest BCUT2D eigenvalue weighted by atomic mass is 10.3. The van der Waals surface area contributed by atoms with Gasteiger partial charge in [-0.25, -0.2) is 0 Å². The average molecular weight is 196 g/mol. The van der Waals surface area contributed by atoms with Crippen LogP contribution in [0.25, 0.3) is 0 Å². The Balaban J connectivity index is 1.97. The van der Waals surface area contributed by atoms with Crippen LogP contribution >= 0.6 is 0 Å². The van der Waals surface area contributed by atoms with Gasteiger partial charge in [0.25, 0.3) is 0 Å². The summed E-state index contributed by atoms with van der Waals surface area (Å²) in [4.78, 5) is 19.6. The van der Waals surface area contributed by atoms with E-state index in [0.717, 1.165) is 25.6 Å². The molecule has 0 aromatic heterocycles. The molecule has 1 fully saturated rings. The molecule has 14 heavy (non-hydrogen) atoms. The zero-order chi connectivity index (χ0) is 10.1. The molecule has 1 saturated heterocycles. The molecule has 0 spiro atoms. The highest BCUT2D eigenvalue weighted by molar-refractivity contribution is 5.88. The minimum atomic E-state index is 0.167.